The predicted molar refractivity (Wildman–Crippen MR) is 116 cm³/mol. The maximum Gasteiger partial charge on any atom is 0.250 e. The van der Waals surface area contributed by atoms with Gasteiger partial charge in [0.15, 0.2) is 0 Å². The summed E-state index contributed by atoms with van der Waals surface area (Å²) in [5.41, 5.74) is 5.26. The van der Waals surface area contributed by atoms with E-state index >= 15 is 0 Å². The van der Waals surface area contributed by atoms with E-state index in [1.54, 1.807) is 37.6 Å². The average molecular weight is 452 g/mol. The number of aromatic amines is 1. The zero-order valence-corrected chi connectivity index (χ0v) is 17.6. The largest absolute Gasteiger partial charge is 0.497 e. The van der Waals surface area contributed by atoms with Crippen LogP contribution in [-0.2, 0) is 4.79 Å². The van der Waals surface area contributed by atoms with Gasteiger partial charge < -0.3 is 4.74 Å². The number of tetrazole rings is 1. The zero-order chi connectivity index (χ0) is 22.3. The predicted octanol–water partition coefficient (Wildman–Crippen LogP) is 2.44. The van der Waals surface area contributed by atoms with Crippen molar-refractivity contribution in [3.05, 3.63) is 66.1 Å². The smallest absolute Gasteiger partial charge is 0.250 e. The van der Waals surface area contributed by atoms with Crippen LogP contribution in [0.3, 0.4) is 0 Å². The van der Waals surface area contributed by atoms with Crippen LogP contribution >= 0.6 is 11.8 Å². The van der Waals surface area contributed by atoms with E-state index in [4.69, 9.17) is 4.74 Å². The van der Waals surface area contributed by atoms with Crippen LogP contribution in [-0.4, -0.2) is 55.4 Å². The lowest BCUT2D eigenvalue weighted by Gasteiger charge is -2.05. The van der Waals surface area contributed by atoms with Gasteiger partial charge in [-0.3, -0.25) is 9.89 Å². The van der Waals surface area contributed by atoms with E-state index in [9.17, 15) is 9.18 Å². The van der Waals surface area contributed by atoms with Crippen molar-refractivity contribution in [1.82, 2.24) is 35.8 Å². The highest BCUT2D eigenvalue weighted by molar-refractivity contribution is 7.99. The number of hydrogen-bond acceptors (Lipinski definition) is 8. The molecular weight excluding hydrogens is 435 g/mol. The summed E-state index contributed by atoms with van der Waals surface area (Å²) < 4.78 is 19.8. The molecule has 0 spiro atoms. The molecule has 32 heavy (non-hydrogen) atoms. The van der Waals surface area contributed by atoms with Gasteiger partial charge in [-0.2, -0.15) is 14.9 Å². The fourth-order valence-electron chi connectivity index (χ4n) is 2.73. The summed E-state index contributed by atoms with van der Waals surface area (Å²) in [5.74, 6) is 0.117. The first-order valence-corrected chi connectivity index (χ1v) is 10.3. The number of H-pyrrole nitrogens is 1. The maximum absolute atomic E-state index is 13.1. The molecule has 4 rings (SSSR count). The SMILES string of the molecule is COc1ccc(-n2nnnc2SCC(=O)N/N=C\c2cn[nH]c2-c2ccc(F)cc2)cc1. The highest BCUT2D eigenvalue weighted by Crippen LogP contribution is 2.21. The van der Waals surface area contributed by atoms with Gasteiger partial charge in [-0.05, 0) is 59.0 Å². The number of hydrazone groups is 1. The number of carbonyl (C=O) groups excluding carboxylic acids is 1. The Kier molecular flexibility index (Phi) is 6.51. The number of ether oxygens (including phenoxy) is 1. The first kappa shape index (κ1) is 21.2. The Morgan fingerprint density at radius 2 is 2.03 bits per heavy atom. The van der Waals surface area contributed by atoms with Gasteiger partial charge in [0.2, 0.25) is 5.16 Å². The molecule has 1 amide bonds. The van der Waals surface area contributed by atoms with Gasteiger partial charge in [0, 0.05) is 11.1 Å². The fraction of sp³-hybridized carbons (Fsp3) is 0.100. The van der Waals surface area contributed by atoms with Crippen LogP contribution < -0.4 is 10.2 Å². The number of aromatic nitrogens is 6. The lowest BCUT2D eigenvalue weighted by molar-refractivity contribution is -0.118. The van der Waals surface area contributed by atoms with E-state index in [-0.39, 0.29) is 17.5 Å². The van der Waals surface area contributed by atoms with Crippen molar-refractivity contribution >= 4 is 23.9 Å². The second-order valence-corrected chi connectivity index (χ2v) is 7.30. The summed E-state index contributed by atoms with van der Waals surface area (Å²) in [5, 5.41) is 22.8. The van der Waals surface area contributed by atoms with Crippen molar-refractivity contribution < 1.29 is 13.9 Å². The van der Waals surface area contributed by atoms with Crippen molar-refractivity contribution in [2.24, 2.45) is 5.10 Å². The third-order valence-electron chi connectivity index (χ3n) is 4.28. The molecule has 0 fully saturated rings. The van der Waals surface area contributed by atoms with E-state index < -0.39 is 0 Å². The lowest BCUT2D eigenvalue weighted by Crippen LogP contribution is -2.20. The van der Waals surface area contributed by atoms with Gasteiger partial charge in [-0.1, -0.05) is 11.8 Å². The molecule has 2 heterocycles. The molecule has 2 aromatic carbocycles. The molecule has 0 bridgehead atoms. The Bertz CT molecular complexity index is 1220. The number of amides is 1. The average Bonchev–Trinajstić information content (AvgIpc) is 3.48. The molecule has 0 aliphatic carbocycles. The molecule has 2 N–H and O–H groups in total. The normalized spacial score (nSPS) is 11.1. The Balaban J connectivity index is 1.34. The molecule has 2 aromatic heterocycles. The molecule has 0 aliphatic heterocycles. The van der Waals surface area contributed by atoms with E-state index in [2.05, 4.69) is 36.3 Å². The maximum atomic E-state index is 13.1. The van der Waals surface area contributed by atoms with Crippen LogP contribution in [0, 0.1) is 5.82 Å². The molecule has 0 saturated heterocycles. The number of rotatable bonds is 8. The molecular formula is C20H17FN8O2S. The second kappa shape index (κ2) is 9.83. The summed E-state index contributed by atoms with van der Waals surface area (Å²) in [4.78, 5) is 12.2. The van der Waals surface area contributed by atoms with Gasteiger partial charge in [0.25, 0.3) is 5.91 Å². The minimum atomic E-state index is -0.331. The number of hydrogen-bond donors (Lipinski definition) is 2. The number of thioether (sulfide) groups is 1. The van der Waals surface area contributed by atoms with Crippen LogP contribution in [0.2, 0.25) is 0 Å². The molecule has 10 nitrogen and oxygen atoms in total. The zero-order valence-electron chi connectivity index (χ0n) is 16.8. The third kappa shape index (κ3) is 4.98. The number of halogens is 1. The topological polar surface area (TPSA) is 123 Å². The summed E-state index contributed by atoms with van der Waals surface area (Å²) >= 11 is 1.17. The van der Waals surface area contributed by atoms with Crippen molar-refractivity contribution in [2.45, 2.75) is 5.16 Å². The number of benzene rings is 2. The van der Waals surface area contributed by atoms with E-state index in [0.717, 1.165) is 11.3 Å². The molecule has 4 aromatic rings. The summed E-state index contributed by atoms with van der Waals surface area (Å²) in [6.45, 7) is 0. The van der Waals surface area contributed by atoms with Crippen molar-refractivity contribution in [2.75, 3.05) is 12.9 Å². The van der Waals surface area contributed by atoms with Crippen LogP contribution in [0.5, 0.6) is 5.75 Å². The minimum Gasteiger partial charge on any atom is -0.497 e. The second-order valence-electron chi connectivity index (χ2n) is 6.36. The Labute approximate surface area is 185 Å². The number of methoxy groups -OCH3 is 1. The lowest BCUT2D eigenvalue weighted by atomic mass is 10.1. The van der Waals surface area contributed by atoms with Crippen LogP contribution in [0.15, 0.2) is 65.0 Å². The van der Waals surface area contributed by atoms with Gasteiger partial charge in [-0.25, -0.2) is 9.82 Å². The summed E-state index contributed by atoms with van der Waals surface area (Å²) in [7, 11) is 1.59. The van der Waals surface area contributed by atoms with Crippen molar-refractivity contribution in [3.63, 3.8) is 0 Å². The first-order chi connectivity index (χ1) is 15.6. The molecule has 0 atom stereocenters. The minimum absolute atomic E-state index is 0.0596. The third-order valence-corrected chi connectivity index (χ3v) is 5.20. The van der Waals surface area contributed by atoms with Gasteiger partial charge in [0.1, 0.15) is 11.6 Å². The highest BCUT2D eigenvalue weighted by atomic mass is 32.2. The fourth-order valence-corrected chi connectivity index (χ4v) is 3.41. The van der Waals surface area contributed by atoms with Gasteiger partial charge in [0.05, 0.1) is 36.7 Å². The molecule has 12 heteroatoms. The molecule has 0 saturated carbocycles. The summed E-state index contributed by atoms with van der Waals surface area (Å²) in [6.07, 6.45) is 3.03. The van der Waals surface area contributed by atoms with Crippen molar-refractivity contribution in [3.8, 4) is 22.7 Å². The Hall–Kier alpha value is -4.06. The number of carbonyl (C=O) groups is 1. The highest BCUT2D eigenvalue weighted by Gasteiger charge is 2.12. The van der Waals surface area contributed by atoms with E-state index in [1.807, 2.05) is 12.1 Å². The number of nitrogens with zero attached hydrogens (tertiary/aromatic N) is 6. The molecule has 0 unspecified atom stereocenters. The Morgan fingerprint density at radius 3 is 2.78 bits per heavy atom. The number of nitrogens with one attached hydrogen (secondary N) is 2. The summed E-state index contributed by atoms with van der Waals surface area (Å²) in [6, 6.07) is 13.2. The molecule has 0 radical (unpaired) electrons. The van der Waals surface area contributed by atoms with Crippen molar-refractivity contribution in [1.29, 1.82) is 0 Å². The molecule has 0 aliphatic rings. The van der Waals surface area contributed by atoms with E-state index in [1.165, 1.54) is 34.8 Å². The van der Waals surface area contributed by atoms with E-state index in [0.29, 0.717) is 22.2 Å². The molecule has 162 valence electrons. The van der Waals surface area contributed by atoms with Crippen LogP contribution in [0.1, 0.15) is 5.56 Å². The van der Waals surface area contributed by atoms with Gasteiger partial charge >= 0.3 is 0 Å². The Morgan fingerprint density at radius 1 is 1.25 bits per heavy atom. The standard InChI is InChI=1S/C20H17FN8O2S/c1-31-17-8-6-16(7-9-17)29-20(26-27-28-29)32-12-18(30)24-22-10-14-11-23-25-19(14)13-2-4-15(21)5-3-13/h2-11H,12H2,1H3,(H,23,25)(H,24,30)/b22-10-. The van der Waals surface area contributed by atoms with Crippen LogP contribution in [0.4, 0.5) is 4.39 Å². The van der Waals surface area contributed by atoms with Crippen LogP contribution in [0.25, 0.3) is 16.9 Å². The monoisotopic (exact) mass is 452 g/mol. The quantitative estimate of drug-likeness (QED) is 0.239. The van der Waals surface area contributed by atoms with Gasteiger partial charge in [-0.15, -0.1) is 5.10 Å². The first-order valence-electron chi connectivity index (χ1n) is 9.31.